The van der Waals surface area contributed by atoms with Crippen LogP contribution in [0.25, 0.3) is 0 Å². The van der Waals surface area contributed by atoms with E-state index in [0.29, 0.717) is 11.7 Å². The van der Waals surface area contributed by atoms with Crippen molar-refractivity contribution in [3.05, 3.63) is 39.9 Å². The first-order valence-electron chi connectivity index (χ1n) is 4.90. The summed E-state index contributed by atoms with van der Waals surface area (Å²) in [6.45, 7) is 0.491. The smallest absolute Gasteiger partial charge is 0.273 e. The number of hydrogen-bond acceptors (Lipinski definition) is 5. The molecule has 9 heteroatoms. The lowest BCUT2D eigenvalue weighted by Gasteiger charge is -2.05. The standard InChI is InChI=1S/C9H10N2O3S.CH3NOS/c1-14-9(15)10-6-7-2-4-8(5-3-7)11(12)13;2-1(3)4/h2-5H,6H2,1H3,(H,10,15);(H3,2,3,4). The molecule has 104 valence electrons. The predicted molar refractivity (Wildman–Crippen MR) is 78.1 cm³/mol. The van der Waals surface area contributed by atoms with Crippen molar-refractivity contribution in [3.63, 3.8) is 0 Å². The van der Waals surface area contributed by atoms with Crippen molar-refractivity contribution in [2.45, 2.75) is 6.54 Å². The molecule has 0 aliphatic heterocycles. The topological polar surface area (TPSA) is 107 Å². The highest BCUT2D eigenvalue weighted by Gasteiger charge is 2.03. The van der Waals surface area contributed by atoms with E-state index in [1.807, 2.05) is 0 Å². The van der Waals surface area contributed by atoms with Crippen molar-refractivity contribution in [2.24, 2.45) is 5.73 Å². The molecule has 0 unspecified atom stereocenters. The largest absolute Gasteiger partial charge is 0.474 e. The summed E-state index contributed by atoms with van der Waals surface area (Å²) in [4.78, 5) is 19.0. The Labute approximate surface area is 120 Å². The summed E-state index contributed by atoms with van der Waals surface area (Å²) < 4.78 is 4.75. The van der Waals surface area contributed by atoms with Gasteiger partial charge in [-0.05, 0) is 17.8 Å². The van der Waals surface area contributed by atoms with Gasteiger partial charge in [-0.1, -0.05) is 24.8 Å². The fourth-order valence-electron chi connectivity index (χ4n) is 0.982. The Morgan fingerprint density at radius 1 is 1.53 bits per heavy atom. The summed E-state index contributed by atoms with van der Waals surface area (Å²) in [5.41, 5.74) is 5.32. The van der Waals surface area contributed by atoms with Gasteiger partial charge in [0, 0.05) is 18.7 Å². The Balaban J connectivity index is 0.000000711. The molecule has 1 rings (SSSR count). The van der Waals surface area contributed by atoms with Gasteiger partial charge >= 0.3 is 0 Å². The van der Waals surface area contributed by atoms with Crippen LogP contribution in [0, 0.1) is 10.1 Å². The van der Waals surface area contributed by atoms with E-state index < -0.39 is 10.2 Å². The summed E-state index contributed by atoms with van der Waals surface area (Å²) >= 11 is 7.89. The number of nitro groups is 1. The van der Waals surface area contributed by atoms with Crippen LogP contribution in [0.2, 0.25) is 0 Å². The number of nitro benzene ring substituents is 1. The Morgan fingerprint density at radius 2 is 2.00 bits per heavy atom. The lowest BCUT2D eigenvalue weighted by molar-refractivity contribution is -0.384. The van der Waals surface area contributed by atoms with Crippen LogP contribution in [0.1, 0.15) is 5.56 Å². The molecule has 0 radical (unpaired) electrons. The van der Waals surface area contributed by atoms with Gasteiger partial charge in [-0.2, -0.15) is 0 Å². The molecule has 0 spiro atoms. The second kappa shape index (κ2) is 9.11. The maximum Gasteiger partial charge on any atom is 0.273 e. The van der Waals surface area contributed by atoms with E-state index in [4.69, 9.17) is 21.7 Å². The van der Waals surface area contributed by atoms with E-state index in [1.165, 1.54) is 19.2 Å². The predicted octanol–water partition coefficient (Wildman–Crippen LogP) is 1.61. The van der Waals surface area contributed by atoms with E-state index >= 15 is 0 Å². The third-order valence-corrected chi connectivity index (χ3v) is 2.08. The van der Waals surface area contributed by atoms with Crippen LogP contribution in [-0.4, -0.2) is 22.4 Å². The first kappa shape index (κ1) is 17.1. The fraction of sp³-hybridized carbons (Fsp3) is 0.200. The second-order valence-corrected chi connectivity index (χ2v) is 3.92. The third-order valence-electron chi connectivity index (χ3n) is 1.77. The molecule has 0 aliphatic carbocycles. The van der Waals surface area contributed by atoms with Crippen molar-refractivity contribution in [3.8, 4) is 0 Å². The zero-order valence-electron chi connectivity index (χ0n) is 10.0. The number of hydrogen-bond donors (Lipinski definition) is 3. The lowest BCUT2D eigenvalue weighted by atomic mass is 10.2. The number of thiocarbonyl (C=S) groups is 1. The quantitative estimate of drug-likeness (QED) is 0.339. The van der Waals surface area contributed by atoms with Crippen LogP contribution >= 0.6 is 24.8 Å². The van der Waals surface area contributed by atoms with Crippen LogP contribution in [0.5, 0.6) is 0 Å². The minimum atomic E-state index is -0.639. The minimum absolute atomic E-state index is 0.0769. The monoisotopic (exact) mass is 303 g/mol. The summed E-state index contributed by atoms with van der Waals surface area (Å²) in [6, 6.07) is 6.24. The summed E-state index contributed by atoms with van der Waals surface area (Å²) in [6.07, 6.45) is 0. The molecule has 0 saturated heterocycles. The number of amides is 1. The summed E-state index contributed by atoms with van der Waals surface area (Å²) in [5, 5.41) is 12.9. The molecule has 0 fully saturated rings. The molecule has 19 heavy (non-hydrogen) atoms. The first-order valence-corrected chi connectivity index (χ1v) is 5.76. The van der Waals surface area contributed by atoms with Gasteiger partial charge < -0.3 is 15.8 Å². The SMILES string of the molecule is COC(=S)NCc1ccc([N+](=O)[O-])cc1.NC(=O)S. The Kier molecular flexibility index (Phi) is 8.22. The normalized spacial score (nSPS) is 8.74. The van der Waals surface area contributed by atoms with Gasteiger partial charge in [0.1, 0.15) is 0 Å². The molecule has 0 saturated carbocycles. The average molecular weight is 303 g/mol. The Bertz CT molecular complexity index is 447. The number of nitrogens with one attached hydrogen (secondary N) is 1. The molecule has 0 aromatic heterocycles. The van der Waals surface area contributed by atoms with Crippen LogP contribution in [0.3, 0.4) is 0 Å². The number of non-ortho nitro benzene ring substituents is 1. The molecule has 3 N–H and O–H groups in total. The van der Waals surface area contributed by atoms with Crippen LogP contribution in [0.15, 0.2) is 24.3 Å². The highest BCUT2D eigenvalue weighted by molar-refractivity contribution is 7.96. The maximum atomic E-state index is 10.4. The van der Waals surface area contributed by atoms with E-state index in [9.17, 15) is 10.1 Å². The van der Waals surface area contributed by atoms with Gasteiger partial charge in [-0.15, -0.1) is 0 Å². The molecule has 1 amide bonds. The third kappa shape index (κ3) is 8.80. The number of primary amides is 1. The van der Waals surface area contributed by atoms with Crippen LogP contribution < -0.4 is 11.1 Å². The first-order chi connectivity index (χ1) is 8.86. The van der Waals surface area contributed by atoms with E-state index in [2.05, 4.69) is 23.7 Å². The number of ether oxygens (including phenoxy) is 1. The molecule has 7 nitrogen and oxygen atoms in total. The molecular weight excluding hydrogens is 290 g/mol. The van der Waals surface area contributed by atoms with Crippen molar-refractivity contribution in [1.29, 1.82) is 0 Å². The van der Waals surface area contributed by atoms with E-state index in [0.717, 1.165) is 5.56 Å². The molecule has 1 aromatic rings. The van der Waals surface area contributed by atoms with Gasteiger partial charge in [-0.3, -0.25) is 14.9 Å². The molecule has 0 bridgehead atoms. The van der Waals surface area contributed by atoms with Gasteiger partial charge in [0.15, 0.2) is 0 Å². The van der Waals surface area contributed by atoms with Gasteiger partial charge in [0.05, 0.1) is 12.0 Å². The summed E-state index contributed by atoms with van der Waals surface area (Å²) in [7, 11) is 1.48. The summed E-state index contributed by atoms with van der Waals surface area (Å²) in [5.74, 6) is 0. The number of carbonyl (C=O) groups is 1. The number of nitrogens with zero attached hydrogens (tertiary/aromatic N) is 1. The van der Waals surface area contributed by atoms with Gasteiger partial charge in [-0.25, -0.2) is 0 Å². The maximum absolute atomic E-state index is 10.4. The number of thiol groups is 1. The highest BCUT2D eigenvalue weighted by Crippen LogP contribution is 2.11. The number of rotatable bonds is 3. The Morgan fingerprint density at radius 3 is 2.37 bits per heavy atom. The number of methoxy groups -OCH3 is 1. The average Bonchev–Trinajstić information content (AvgIpc) is 2.35. The number of nitrogens with two attached hydrogens (primary N) is 1. The molecule has 0 atom stereocenters. The van der Waals surface area contributed by atoms with Crippen LogP contribution in [0.4, 0.5) is 10.5 Å². The Hall–Kier alpha value is -1.87. The van der Waals surface area contributed by atoms with Gasteiger partial charge in [0.2, 0.25) is 0 Å². The molecule has 0 heterocycles. The van der Waals surface area contributed by atoms with Crippen molar-refractivity contribution >= 4 is 40.9 Å². The van der Waals surface area contributed by atoms with Crippen LogP contribution in [-0.2, 0) is 11.3 Å². The van der Waals surface area contributed by atoms with Gasteiger partial charge in [0.25, 0.3) is 16.1 Å². The lowest BCUT2D eigenvalue weighted by Crippen LogP contribution is -2.21. The number of carbonyl (C=O) groups excluding carboxylic acids is 1. The molecule has 0 aliphatic rings. The number of benzene rings is 1. The zero-order valence-corrected chi connectivity index (χ0v) is 11.7. The van der Waals surface area contributed by atoms with Crippen molar-refractivity contribution in [2.75, 3.05) is 7.11 Å². The van der Waals surface area contributed by atoms with E-state index in [1.54, 1.807) is 12.1 Å². The minimum Gasteiger partial charge on any atom is -0.474 e. The molecular formula is C10H13N3O4S2. The fourth-order valence-corrected chi connectivity index (χ4v) is 1.05. The highest BCUT2D eigenvalue weighted by atomic mass is 32.1. The molecule has 1 aromatic carbocycles. The van der Waals surface area contributed by atoms with Crippen molar-refractivity contribution < 1.29 is 14.5 Å². The van der Waals surface area contributed by atoms with Crippen molar-refractivity contribution in [1.82, 2.24) is 5.32 Å². The second-order valence-electron chi connectivity index (χ2n) is 3.11. The zero-order chi connectivity index (χ0) is 14.8. The van der Waals surface area contributed by atoms with E-state index in [-0.39, 0.29) is 5.69 Å².